The first-order chi connectivity index (χ1) is 12.1. The van der Waals surface area contributed by atoms with Crippen molar-refractivity contribution in [1.29, 1.82) is 0 Å². The van der Waals surface area contributed by atoms with E-state index in [4.69, 9.17) is 0 Å². The highest BCUT2D eigenvalue weighted by Gasteiger charge is 2.27. The number of rotatable bonds is 4. The number of nitrogens with zero attached hydrogens (tertiary/aromatic N) is 1. The van der Waals surface area contributed by atoms with E-state index in [1.165, 1.54) is 12.1 Å². The second-order valence-corrected chi connectivity index (χ2v) is 6.31. The molecule has 4 nitrogen and oxygen atoms in total. The molecule has 1 fully saturated rings. The highest BCUT2D eigenvalue weighted by Crippen LogP contribution is 2.20. The van der Waals surface area contributed by atoms with E-state index >= 15 is 0 Å². The van der Waals surface area contributed by atoms with Crippen LogP contribution in [0.4, 0.5) is 10.1 Å². The van der Waals surface area contributed by atoms with E-state index in [0.717, 1.165) is 11.3 Å². The fraction of sp³-hybridized carbons (Fsp3) is 0.300. The summed E-state index contributed by atoms with van der Waals surface area (Å²) < 4.78 is 12.9. The molecule has 0 atom stereocenters. The number of carbonyl (C=O) groups excluding carboxylic acids is 2. The predicted octanol–water partition coefficient (Wildman–Crippen LogP) is 3.25. The molecule has 130 valence electrons. The molecular formula is C20H21FN2O2. The maximum Gasteiger partial charge on any atom is 0.227 e. The van der Waals surface area contributed by atoms with E-state index in [0.29, 0.717) is 25.9 Å². The number of para-hydroxylation sites is 1. The summed E-state index contributed by atoms with van der Waals surface area (Å²) in [6.07, 6.45) is 1.59. The largest absolute Gasteiger partial charge is 0.342 e. The van der Waals surface area contributed by atoms with Gasteiger partial charge in [0.15, 0.2) is 0 Å². The third-order valence-electron chi connectivity index (χ3n) is 4.53. The van der Waals surface area contributed by atoms with Gasteiger partial charge in [-0.15, -0.1) is 0 Å². The van der Waals surface area contributed by atoms with Crippen molar-refractivity contribution < 1.29 is 14.0 Å². The monoisotopic (exact) mass is 340 g/mol. The minimum Gasteiger partial charge on any atom is -0.342 e. The van der Waals surface area contributed by atoms with Gasteiger partial charge in [-0.3, -0.25) is 9.59 Å². The van der Waals surface area contributed by atoms with Crippen molar-refractivity contribution in [1.82, 2.24) is 4.90 Å². The normalized spacial score (nSPS) is 15.0. The molecular weight excluding hydrogens is 319 g/mol. The lowest BCUT2D eigenvalue weighted by Gasteiger charge is -2.31. The maximum atomic E-state index is 12.9. The van der Waals surface area contributed by atoms with Gasteiger partial charge >= 0.3 is 0 Å². The van der Waals surface area contributed by atoms with Gasteiger partial charge < -0.3 is 10.2 Å². The summed E-state index contributed by atoms with van der Waals surface area (Å²) in [6.45, 7) is 1.15. The van der Waals surface area contributed by atoms with Crippen LogP contribution in [0, 0.1) is 11.7 Å². The molecule has 1 heterocycles. The summed E-state index contributed by atoms with van der Waals surface area (Å²) >= 11 is 0. The van der Waals surface area contributed by atoms with Gasteiger partial charge in [-0.1, -0.05) is 30.3 Å². The zero-order chi connectivity index (χ0) is 17.6. The Morgan fingerprint density at radius 3 is 2.28 bits per heavy atom. The molecule has 2 amide bonds. The maximum absolute atomic E-state index is 12.9. The summed E-state index contributed by atoms with van der Waals surface area (Å²) in [7, 11) is 0. The molecule has 2 aromatic rings. The smallest absolute Gasteiger partial charge is 0.227 e. The minimum atomic E-state index is -0.304. The van der Waals surface area contributed by atoms with Crippen LogP contribution >= 0.6 is 0 Å². The van der Waals surface area contributed by atoms with Crippen LogP contribution in [0.2, 0.25) is 0 Å². The van der Waals surface area contributed by atoms with Crippen molar-refractivity contribution in [2.24, 2.45) is 5.92 Å². The molecule has 1 saturated heterocycles. The van der Waals surface area contributed by atoms with Crippen LogP contribution in [0.15, 0.2) is 54.6 Å². The third-order valence-corrected chi connectivity index (χ3v) is 4.53. The van der Waals surface area contributed by atoms with E-state index in [1.54, 1.807) is 17.0 Å². The van der Waals surface area contributed by atoms with Crippen LogP contribution in [-0.2, 0) is 16.0 Å². The van der Waals surface area contributed by atoms with Gasteiger partial charge in [-0.05, 0) is 42.7 Å². The molecule has 3 rings (SSSR count). The van der Waals surface area contributed by atoms with Gasteiger partial charge in [-0.2, -0.15) is 0 Å². The number of hydrogen-bond donors (Lipinski definition) is 1. The van der Waals surface area contributed by atoms with Crippen LogP contribution in [-0.4, -0.2) is 29.8 Å². The van der Waals surface area contributed by atoms with Gasteiger partial charge in [0.1, 0.15) is 5.82 Å². The fourth-order valence-electron chi connectivity index (χ4n) is 3.05. The molecule has 25 heavy (non-hydrogen) atoms. The molecule has 0 aromatic heterocycles. The Morgan fingerprint density at radius 1 is 1.00 bits per heavy atom. The molecule has 2 aromatic carbocycles. The zero-order valence-electron chi connectivity index (χ0n) is 14.0. The Kier molecular flexibility index (Phi) is 5.43. The molecule has 0 aliphatic carbocycles. The Balaban J connectivity index is 1.48. The molecule has 1 N–H and O–H groups in total. The third kappa shape index (κ3) is 4.66. The first-order valence-corrected chi connectivity index (χ1v) is 8.50. The van der Waals surface area contributed by atoms with Crippen LogP contribution in [0.5, 0.6) is 0 Å². The molecule has 0 saturated carbocycles. The molecule has 0 radical (unpaired) electrons. The molecule has 5 heteroatoms. The van der Waals surface area contributed by atoms with Crippen LogP contribution in [0.1, 0.15) is 18.4 Å². The van der Waals surface area contributed by atoms with Gasteiger partial charge in [0.05, 0.1) is 6.42 Å². The van der Waals surface area contributed by atoms with Crippen LogP contribution < -0.4 is 5.32 Å². The lowest BCUT2D eigenvalue weighted by Crippen LogP contribution is -2.42. The zero-order valence-corrected chi connectivity index (χ0v) is 14.0. The highest BCUT2D eigenvalue weighted by atomic mass is 19.1. The van der Waals surface area contributed by atoms with Crippen molar-refractivity contribution in [3.8, 4) is 0 Å². The van der Waals surface area contributed by atoms with Gasteiger partial charge in [0, 0.05) is 24.7 Å². The summed E-state index contributed by atoms with van der Waals surface area (Å²) in [5, 5.41) is 2.92. The highest BCUT2D eigenvalue weighted by molar-refractivity contribution is 5.92. The number of halogens is 1. The number of carbonyl (C=O) groups is 2. The van der Waals surface area contributed by atoms with E-state index < -0.39 is 0 Å². The number of nitrogens with one attached hydrogen (secondary N) is 1. The van der Waals surface area contributed by atoms with Gasteiger partial charge in [0.25, 0.3) is 0 Å². The minimum absolute atomic E-state index is 0.0110. The SMILES string of the molecule is O=C(Nc1ccccc1)C1CCN(C(=O)Cc2ccc(F)cc2)CC1. The summed E-state index contributed by atoms with van der Waals surface area (Å²) in [5.41, 5.74) is 1.60. The first kappa shape index (κ1) is 17.1. The number of likely N-dealkylation sites (tertiary alicyclic amines) is 1. The Morgan fingerprint density at radius 2 is 1.64 bits per heavy atom. The van der Waals surface area contributed by atoms with E-state index in [1.807, 2.05) is 30.3 Å². The number of amides is 2. The topological polar surface area (TPSA) is 49.4 Å². The number of hydrogen-bond acceptors (Lipinski definition) is 2. The fourth-order valence-corrected chi connectivity index (χ4v) is 3.05. The second-order valence-electron chi connectivity index (χ2n) is 6.31. The van der Waals surface area contributed by atoms with E-state index in [-0.39, 0.29) is 30.0 Å². The van der Waals surface area contributed by atoms with Crippen molar-refractivity contribution in [2.75, 3.05) is 18.4 Å². The lowest BCUT2D eigenvalue weighted by atomic mass is 9.95. The Bertz CT molecular complexity index is 723. The number of piperidine rings is 1. The van der Waals surface area contributed by atoms with E-state index in [9.17, 15) is 14.0 Å². The number of anilines is 1. The number of benzene rings is 2. The van der Waals surface area contributed by atoms with Crippen LogP contribution in [0.3, 0.4) is 0 Å². The predicted molar refractivity (Wildman–Crippen MR) is 94.5 cm³/mol. The average Bonchev–Trinajstić information content (AvgIpc) is 2.64. The summed E-state index contributed by atoms with van der Waals surface area (Å²) in [4.78, 5) is 26.5. The molecule has 0 unspecified atom stereocenters. The van der Waals surface area contributed by atoms with E-state index in [2.05, 4.69) is 5.32 Å². The van der Waals surface area contributed by atoms with Crippen molar-refractivity contribution in [3.63, 3.8) is 0 Å². The van der Waals surface area contributed by atoms with Crippen molar-refractivity contribution in [3.05, 3.63) is 66.0 Å². The van der Waals surface area contributed by atoms with Crippen molar-refractivity contribution >= 4 is 17.5 Å². The first-order valence-electron chi connectivity index (χ1n) is 8.50. The Hall–Kier alpha value is -2.69. The van der Waals surface area contributed by atoms with Crippen LogP contribution in [0.25, 0.3) is 0 Å². The summed E-state index contributed by atoms with van der Waals surface area (Å²) in [5.74, 6) is -0.345. The second kappa shape index (κ2) is 7.92. The van der Waals surface area contributed by atoms with Crippen molar-refractivity contribution in [2.45, 2.75) is 19.3 Å². The average molecular weight is 340 g/mol. The lowest BCUT2D eigenvalue weighted by molar-refractivity contribution is -0.133. The van der Waals surface area contributed by atoms with Gasteiger partial charge in [0.2, 0.25) is 11.8 Å². The van der Waals surface area contributed by atoms with Gasteiger partial charge in [-0.25, -0.2) is 4.39 Å². The Labute approximate surface area is 146 Å². The molecule has 0 spiro atoms. The standard InChI is InChI=1S/C20H21FN2O2/c21-17-8-6-15(7-9-17)14-19(24)23-12-10-16(11-13-23)20(25)22-18-4-2-1-3-5-18/h1-9,16H,10-14H2,(H,22,25). The molecule has 0 bridgehead atoms. The molecule has 1 aliphatic rings. The summed E-state index contributed by atoms with van der Waals surface area (Å²) in [6, 6.07) is 15.4. The molecule has 1 aliphatic heterocycles. The quantitative estimate of drug-likeness (QED) is 0.929.